The van der Waals surface area contributed by atoms with Gasteiger partial charge in [-0.2, -0.15) is 5.26 Å². The molecule has 3 aromatic rings. The van der Waals surface area contributed by atoms with E-state index in [9.17, 15) is 10.4 Å². The van der Waals surface area contributed by atoms with E-state index in [1.165, 1.54) is 12.5 Å². The summed E-state index contributed by atoms with van der Waals surface area (Å²) >= 11 is 6.05. The summed E-state index contributed by atoms with van der Waals surface area (Å²) in [5.41, 5.74) is 0.472. The van der Waals surface area contributed by atoms with Gasteiger partial charge in [-0.3, -0.25) is 4.98 Å². The summed E-state index contributed by atoms with van der Waals surface area (Å²) in [7, 11) is 0. The number of aromatic nitrogens is 1. The number of nitriles is 1. The van der Waals surface area contributed by atoms with Gasteiger partial charge in [0.25, 0.3) is 0 Å². The monoisotopic (exact) mass is 327 g/mol. The van der Waals surface area contributed by atoms with Gasteiger partial charge in [-0.1, -0.05) is 11.6 Å². The molecule has 0 aliphatic carbocycles. The standard InChI is InChI=1S/C17H14ClN3O2/c1-17(22,15-3-2-6-23-15)10-21-16-11(8-19)9-20-14-5-4-12(18)7-13(14)16/h2-7,9,22H,10H2,1H3,(H,20,21). The summed E-state index contributed by atoms with van der Waals surface area (Å²) in [6.45, 7) is 1.81. The molecule has 0 spiro atoms. The second-order valence-corrected chi connectivity index (χ2v) is 5.86. The van der Waals surface area contributed by atoms with Gasteiger partial charge >= 0.3 is 0 Å². The number of nitrogens with zero attached hydrogens (tertiary/aromatic N) is 2. The first kappa shape index (κ1) is 15.3. The van der Waals surface area contributed by atoms with Gasteiger partial charge in [-0.25, -0.2) is 0 Å². The first-order valence-corrected chi connectivity index (χ1v) is 7.37. The minimum Gasteiger partial charge on any atom is -0.466 e. The molecule has 0 saturated carbocycles. The fourth-order valence-electron chi connectivity index (χ4n) is 2.37. The third-order valence-electron chi connectivity index (χ3n) is 3.61. The number of halogens is 1. The first-order chi connectivity index (χ1) is 11.0. The van der Waals surface area contributed by atoms with E-state index in [0.717, 1.165) is 5.39 Å². The molecule has 6 heteroatoms. The lowest BCUT2D eigenvalue weighted by Crippen LogP contribution is -2.30. The molecule has 23 heavy (non-hydrogen) atoms. The lowest BCUT2D eigenvalue weighted by molar-refractivity contribution is 0.0477. The van der Waals surface area contributed by atoms with E-state index in [0.29, 0.717) is 27.6 Å². The van der Waals surface area contributed by atoms with Gasteiger partial charge in [0.1, 0.15) is 17.4 Å². The lowest BCUT2D eigenvalue weighted by Gasteiger charge is -2.22. The largest absolute Gasteiger partial charge is 0.466 e. The normalized spacial score (nSPS) is 13.5. The van der Waals surface area contributed by atoms with Crippen LogP contribution in [0.1, 0.15) is 18.2 Å². The molecule has 0 amide bonds. The average molecular weight is 328 g/mol. The van der Waals surface area contributed by atoms with Crippen LogP contribution in [0, 0.1) is 11.3 Å². The Kier molecular flexibility index (Phi) is 3.95. The zero-order valence-electron chi connectivity index (χ0n) is 12.4. The minimum absolute atomic E-state index is 0.167. The summed E-state index contributed by atoms with van der Waals surface area (Å²) in [6, 6.07) is 10.8. The van der Waals surface area contributed by atoms with Gasteiger partial charge in [-0.05, 0) is 37.3 Å². The Bertz CT molecular complexity index is 883. The maximum atomic E-state index is 10.5. The number of hydrogen-bond acceptors (Lipinski definition) is 5. The van der Waals surface area contributed by atoms with Crippen LogP contribution in [0.15, 0.2) is 47.2 Å². The Labute approximate surface area is 138 Å². The molecule has 1 unspecified atom stereocenters. The summed E-state index contributed by atoms with van der Waals surface area (Å²) in [5.74, 6) is 0.444. The van der Waals surface area contributed by atoms with E-state index < -0.39 is 5.60 Å². The van der Waals surface area contributed by atoms with Gasteiger partial charge in [0.05, 0.1) is 29.6 Å². The maximum absolute atomic E-state index is 10.5. The number of aliphatic hydroxyl groups is 1. The van der Waals surface area contributed by atoms with Crippen molar-refractivity contribution in [2.45, 2.75) is 12.5 Å². The van der Waals surface area contributed by atoms with Crippen molar-refractivity contribution in [1.82, 2.24) is 4.98 Å². The number of furan rings is 1. The predicted molar refractivity (Wildman–Crippen MR) is 88.2 cm³/mol. The van der Waals surface area contributed by atoms with E-state index in [-0.39, 0.29) is 6.54 Å². The van der Waals surface area contributed by atoms with E-state index in [1.807, 2.05) is 0 Å². The molecule has 0 aliphatic rings. The molecular formula is C17H14ClN3O2. The molecule has 116 valence electrons. The second kappa shape index (κ2) is 5.92. The van der Waals surface area contributed by atoms with Crippen LogP contribution in [0.5, 0.6) is 0 Å². The van der Waals surface area contributed by atoms with Crippen LogP contribution in [0.4, 0.5) is 5.69 Å². The number of rotatable bonds is 4. The molecule has 0 saturated heterocycles. The Hall–Kier alpha value is -2.55. The summed E-state index contributed by atoms with van der Waals surface area (Å²) in [4.78, 5) is 4.25. The van der Waals surface area contributed by atoms with E-state index in [1.54, 1.807) is 37.3 Å². The molecule has 5 nitrogen and oxygen atoms in total. The van der Waals surface area contributed by atoms with Crippen molar-refractivity contribution >= 4 is 28.2 Å². The fraction of sp³-hybridized carbons (Fsp3) is 0.176. The van der Waals surface area contributed by atoms with Crippen LogP contribution >= 0.6 is 11.6 Å². The average Bonchev–Trinajstić information content (AvgIpc) is 3.07. The Morgan fingerprint density at radius 1 is 1.43 bits per heavy atom. The molecule has 3 rings (SSSR count). The minimum atomic E-state index is -1.22. The molecule has 0 aliphatic heterocycles. The van der Waals surface area contributed by atoms with Gasteiger partial charge in [0, 0.05) is 16.6 Å². The molecule has 2 heterocycles. The van der Waals surface area contributed by atoms with Gasteiger partial charge in [0.15, 0.2) is 0 Å². The highest BCUT2D eigenvalue weighted by Crippen LogP contribution is 2.30. The van der Waals surface area contributed by atoms with Crippen molar-refractivity contribution < 1.29 is 9.52 Å². The zero-order chi connectivity index (χ0) is 16.4. The van der Waals surface area contributed by atoms with E-state index >= 15 is 0 Å². The Balaban J connectivity index is 1.99. The fourth-order valence-corrected chi connectivity index (χ4v) is 2.54. The van der Waals surface area contributed by atoms with Crippen LogP contribution in [0.3, 0.4) is 0 Å². The smallest absolute Gasteiger partial charge is 0.136 e. The SMILES string of the molecule is CC(O)(CNc1c(C#N)cnc2ccc(Cl)cc12)c1ccco1. The second-order valence-electron chi connectivity index (χ2n) is 5.42. The zero-order valence-corrected chi connectivity index (χ0v) is 13.1. The lowest BCUT2D eigenvalue weighted by atomic mass is 10.0. The number of pyridine rings is 1. The van der Waals surface area contributed by atoms with E-state index in [2.05, 4.69) is 16.4 Å². The van der Waals surface area contributed by atoms with Crippen LogP contribution in [0.25, 0.3) is 10.9 Å². The summed E-state index contributed by atoms with van der Waals surface area (Å²) < 4.78 is 5.26. The highest BCUT2D eigenvalue weighted by Gasteiger charge is 2.26. The summed E-state index contributed by atoms with van der Waals surface area (Å²) in [6.07, 6.45) is 3.01. The third-order valence-corrected chi connectivity index (χ3v) is 3.85. The molecule has 1 aromatic carbocycles. The number of hydrogen-bond donors (Lipinski definition) is 2. The van der Waals surface area contributed by atoms with Crippen molar-refractivity contribution in [2.75, 3.05) is 11.9 Å². The van der Waals surface area contributed by atoms with Crippen LogP contribution in [-0.2, 0) is 5.60 Å². The third kappa shape index (κ3) is 3.00. The van der Waals surface area contributed by atoms with Crippen molar-refractivity contribution in [1.29, 1.82) is 5.26 Å². The quantitative estimate of drug-likeness (QED) is 0.764. The molecule has 2 N–H and O–H groups in total. The topological polar surface area (TPSA) is 82.1 Å². The van der Waals surface area contributed by atoms with E-state index in [4.69, 9.17) is 16.0 Å². The van der Waals surface area contributed by atoms with Crippen molar-refractivity contribution in [3.05, 3.63) is 59.1 Å². The predicted octanol–water partition coefficient (Wildman–Crippen LogP) is 3.67. The van der Waals surface area contributed by atoms with Crippen molar-refractivity contribution in [3.63, 3.8) is 0 Å². The van der Waals surface area contributed by atoms with Crippen LogP contribution in [0.2, 0.25) is 5.02 Å². The van der Waals surface area contributed by atoms with Gasteiger partial charge in [-0.15, -0.1) is 0 Å². The number of benzene rings is 1. The summed E-state index contributed by atoms with van der Waals surface area (Å²) in [5, 5.41) is 24.3. The number of anilines is 1. The molecular weight excluding hydrogens is 314 g/mol. The van der Waals surface area contributed by atoms with Crippen LogP contribution < -0.4 is 5.32 Å². The maximum Gasteiger partial charge on any atom is 0.136 e. The Morgan fingerprint density at radius 3 is 2.96 bits per heavy atom. The number of fused-ring (bicyclic) bond motifs is 1. The molecule has 1 atom stereocenters. The first-order valence-electron chi connectivity index (χ1n) is 7.00. The molecule has 0 fully saturated rings. The Morgan fingerprint density at radius 2 is 2.26 bits per heavy atom. The van der Waals surface area contributed by atoms with Gasteiger partial charge < -0.3 is 14.8 Å². The van der Waals surface area contributed by atoms with Crippen molar-refractivity contribution in [3.8, 4) is 6.07 Å². The molecule has 0 radical (unpaired) electrons. The highest BCUT2D eigenvalue weighted by molar-refractivity contribution is 6.31. The van der Waals surface area contributed by atoms with Crippen molar-refractivity contribution in [2.24, 2.45) is 0 Å². The highest BCUT2D eigenvalue weighted by atomic mass is 35.5. The molecule has 2 aromatic heterocycles. The molecule has 0 bridgehead atoms. The number of nitrogens with one attached hydrogen (secondary N) is 1. The van der Waals surface area contributed by atoms with Gasteiger partial charge in [0.2, 0.25) is 0 Å². The van der Waals surface area contributed by atoms with Crippen LogP contribution in [-0.4, -0.2) is 16.6 Å².